The number of hydrogen-bond donors (Lipinski definition) is 0. The van der Waals surface area contributed by atoms with E-state index in [1.807, 2.05) is 16.7 Å². The highest BCUT2D eigenvalue weighted by Gasteiger charge is 2.30. The van der Waals surface area contributed by atoms with E-state index in [1.165, 1.54) is 12.1 Å². The molecule has 0 radical (unpaired) electrons. The Morgan fingerprint density at radius 3 is 2.83 bits per heavy atom. The lowest BCUT2D eigenvalue weighted by Gasteiger charge is -2.37. The number of carbonyl (C=O) groups excluding carboxylic acids is 1. The number of carbonyl (C=O) groups is 1. The van der Waals surface area contributed by atoms with Crippen molar-refractivity contribution in [1.82, 2.24) is 4.90 Å². The van der Waals surface area contributed by atoms with E-state index in [1.54, 1.807) is 6.07 Å². The molecule has 1 fully saturated rings. The van der Waals surface area contributed by atoms with E-state index in [0.717, 1.165) is 18.8 Å². The zero-order valence-electron chi connectivity index (χ0n) is 10.4. The maximum Gasteiger partial charge on any atom is 0.253 e. The van der Waals surface area contributed by atoms with Gasteiger partial charge in [-0.25, -0.2) is 4.39 Å². The molecule has 18 heavy (non-hydrogen) atoms. The molecule has 1 saturated heterocycles. The highest BCUT2D eigenvalue weighted by Crippen LogP contribution is 2.30. The molecule has 0 aromatic heterocycles. The van der Waals surface area contributed by atoms with E-state index in [0.29, 0.717) is 10.0 Å². The van der Waals surface area contributed by atoms with E-state index in [9.17, 15) is 9.18 Å². The number of amides is 1. The third kappa shape index (κ3) is 3.06. The van der Waals surface area contributed by atoms with Crippen LogP contribution in [0.4, 0.5) is 4.39 Å². The average molecular weight is 332 g/mol. The molecule has 0 spiro atoms. The van der Waals surface area contributed by atoms with Crippen LogP contribution >= 0.6 is 27.7 Å². The van der Waals surface area contributed by atoms with Crippen LogP contribution in [0.2, 0.25) is 0 Å². The summed E-state index contributed by atoms with van der Waals surface area (Å²) in [5, 5.41) is 0. The van der Waals surface area contributed by atoms with Gasteiger partial charge in [-0.05, 0) is 48.0 Å². The van der Waals surface area contributed by atoms with Crippen molar-refractivity contribution in [3.8, 4) is 0 Å². The molecule has 98 valence electrons. The number of halogens is 2. The molecule has 1 aromatic carbocycles. The minimum atomic E-state index is -0.346. The summed E-state index contributed by atoms with van der Waals surface area (Å²) in [7, 11) is 0. The predicted octanol–water partition coefficient (Wildman–Crippen LogP) is 3.56. The van der Waals surface area contributed by atoms with E-state index < -0.39 is 0 Å². The molecule has 1 amide bonds. The van der Waals surface area contributed by atoms with Crippen molar-refractivity contribution < 1.29 is 9.18 Å². The Morgan fingerprint density at radius 1 is 1.50 bits per heavy atom. The molecule has 0 N–H and O–H groups in total. The summed E-state index contributed by atoms with van der Waals surface area (Å²) in [6.45, 7) is 5.75. The van der Waals surface area contributed by atoms with Gasteiger partial charge in [-0.2, -0.15) is 11.8 Å². The lowest BCUT2D eigenvalue weighted by atomic mass is 10.1. The van der Waals surface area contributed by atoms with E-state index in [2.05, 4.69) is 29.8 Å². The van der Waals surface area contributed by atoms with Crippen molar-refractivity contribution in [2.45, 2.75) is 18.6 Å². The normalized spacial score (nSPS) is 18.8. The van der Waals surface area contributed by atoms with Crippen molar-refractivity contribution in [3.05, 3.63) is 34.1 Å². The van der Waals surface area contributed by atoms with Crippen LogP contribution in [0.3, 0.4) is 0 Å². The third-order valence-electron chi connectivity index (χ3n) is 2.88. The van der Waals surface area contributed by atoms with Crippen molar-refractivity contribution >= 4 is 33.6 Å². The van der Waals surface area contributed by atoms with Crippen molar-refractivity contribution in [2.75, 3.05) is 18.8 Å². The van der Waals surface area contributed by atoms with Gasteiger partial charge in [0.25, 0.3) is 5.91 Å². The number of nitrogens with zero attached hydrogens (tertiary/aromatic N) is 1. The minimum absolute atomic E-state index is 0.0240. The maximum absolute atomic E-state index is 13.2. The van der Waals surface area contributed by atoms with Crippen LogP contribution in [0.1, 0.15) is 24.2 Å². The fraction of sp³-hybridized carbons (Fsp3) is 0.462. The summed E-state index contributed by atoms with van der Waals surface area (Å²) in [6, 6.07) is 4.41. The van der Waals surface area contributed by atoms with Gasteiger partial charge in [-0.15, -0.1) is 0 Å². The number of hydrogen-bond acceptors (Lipinski definition) is 2. The molecule has 1 heterocycles. The lowest BCUT2D eigenvalue weighted by Crippen LogP contribution is -2.46. The first-order chi connectivity index (χ1) is 8.39. The van der Waals surface area contributed by atoms with Gasteiger partial charge in [0.15, 0.2) is 0 Å². The smallest absolute Gasteiger partial charge is 0.253 e. The Labute approximate surface area is 119 Å². The maximum atomic E-state index is 13.2. The second-order valence-electron chi connectivity index (χ2n) is 4.96. The molecule has 2 rings (SSSR count). The minimum Gasteiger partial charge on any atom is -0.336 e. The van der Waals surface area contributed by atoms with Crippen LogP contribution in [-0.2, 0) is 0 Å². The highest BCUT2D eigenvalue weighted by atomic mass is 79.9. The zero-order chi connectivity index (χ0) is 13.3. The molecule has 0 unspecified atom stereocenters. The van der Waals surface area contributed by atoms with Crippen LogP contribution in [0, 0.1) is 5.82 Å². The van der Waals surface area contributed by atoms with Crippen molar-refractivity contribution in [2.24, 2.45) is 0 Å². The van der Waals surface area contributed by atoms with Gasteiger partial charge in [0, 0.05) is 29.2 Å². The molecular weight excluding hydrogens is 317 g/mol. The molecule has 0 saturated carbocycles. The Hall–Kier alpha value is -0.550. The SMILES string of the molecule is CC1(C)CN(C(=O)c2ccc(F)c(Br)c2)CCS1. The average Bonchev–Trinajstić information content (AvgIpc) is 2.30. The second-order valence-corrected chi connectivity index (χ2v) is 7.62. The van der Waals surface area contributed by atoms with Crippen LogP contribution in [-0.4, -0.2) is 34.4 Å². The Bertz CT molecular complexity index is 478. The Morgan fingerprint density at radius 2 is 2.22 bits per heavy atom. The predicted molar refractivity (Wildman–Crippen MR) is 76.5 cm³/mol. The largest absolute Gasteiger partial charge is 0.336 e. The van der Waals surface area contributed by atoms with Gasteiger partial charge in [-0.3, -0.25) is 4.79 Å². The molecule has 2 nitrogen and oxygen atoms in total. The molecule has 1 aromatic rings. The van der Waals surface area contributed by atoms with Gasteiger partial charge in [0.05, 0.1) is 4.47 Å². The second kappa shape index (κ2) is 5.21. The monoisotopic (exact) mass is 331 g/mol. The summed E-state index contributed by atoms with van der Waals surface area (Å²) in [6.07, 6.45) is 0. The van der Waals surface area contributed by atoms with Gasteiger partial charge in [0.1, 0.15) is 5.82 Å². The van der Waals surface area contributed by atoms with E-state index in [-0.39, 0.29) is 16.5 Å². The molecule has 0 aliphatic carbocycles. The first kappa shape index (κ1) is 13.9. The lowest BCUT2D eigenvalue weighted by molar-refractivity contribution is 0.0748. The number of thioether (sulfide) groups is 1. The van der Waals surface area contributed by atoms with Gasteiger partial charge >= 0.3 is 0 Å². The Kier molecular flexibility index (Phi) is 4.02. The summed E-state index contributed by atoms with van der Waals surface area (Å²) < 4.78 is 13.6. The standard InChI is InChI=1S/C13H15BrFNOS/c1-13(2)8-16(5-6-18-13)12(17)9-3-4-11(15)10(14)7-9/h3-4,7H,5-6,8H2,1-2H3. The number of benzene rings is 1. The van der Waals surface area contributed by atoms with E-state index in [4.69, 9.17) is 0 Å². The first-order valence-corrected chi connectivity index (χ1v) is 7.55. The van der Waals surface area contributed by atoms with Crippen LogP contribution in [0.15, 0.2) is 22.7 Å². The van der Waals surface area contributed by atoms with Gasteiger partial charge in [-0.1, -0.05) is 0 Å². The molecule has 0 bridgehead atoms. The summed E-state index contributed by atoms with van der Waals surface area (Å²) in [5.74, 6) is 0.575. The first-order valence-electron chi connectivity index (χ1n) is 5.77. The van der Waals surface area contributed by atoms with Gasteiger partial charge < -0.3 is 4.90 Å². The summed E-state index contributed by atoms with van der Waals surface area (Å²) in [5.41, 5.74) is 0.533. The number of rotatable bonds is 1. The molecule has 1 aliphatic heterocycles. The Balaban J connectivity index is 2.18. The highest BCUT2D eigenvalue weighted by molar-refractivity contribution is 9.10. The summed E-state index contributed by atoms with van der Waals surface area (Å²) >= 11 is 4.99. The van der Waals surface area contributed by atoms with Crippen LogP contribution in [0.25, 0.3) is 0 Å². The molecule has 5 heteroatoms. The quantitative estimate of drug-likeness (QED) is 0.784. The fourth-order valence-electron chi connectivity index (χ4n) is 2.00. The van der Waals surface area contributed by atoms with Crippen LogP contribution < -0.4 is 0 Å². The molecule has 0 atom stereocenters. The van der Waals surface area contributed by atoms with E-state index >= 15 is 0 Å². The topological polar surface area (TPSA) is 20.3 Å². The zero-order valence-corrected chi connectivity index (χ0v) is 12.8. The molecule has 1 aliphatic rings. The summed E-state index contributed by atoms with van der Waals surface area (Å²) in [4.78, 5) is 14.2. The van der Waals surface area contributed by atoms with Crippen LogP contribution in [0.5, 0.6) is 0 Å². The van der Waals surface area contributed by atoms with Crippen molar-refractivity contribution in [3.63, 3.8) is 0 Å². The van der Waals surface area contributed by atoms with Gasteiger partial charge in [0.2, 0.25) is 0 Å². The fourth-order valence-corrected chi connectivity index (χ4v) is 3.49. The van der Waals surface area contributed by atoms with Crippen molar-refractivity contribution in [1.29, 1.82) is 0 Å². The third-order valence-corrected chi connectivity index (χ3v) is 4.78. The molecular formula is C13H15BrFNOS.